The van der Waals surface area contributed by atoms with Gasteiger partial charge in [0.2, 0.25) is 0 Å². The molecule has 1 aliphatic heterocycles. The Morgan fingerprint density at radius 3 is 2.79 bits per heavy atom. The van der Waals surface area contributed by atoms with Crippen molar-refractivity contribution in [3.63, 3.8) is 0 Å². The number of thiazole rings is 1. The lowest BCUT2D eigenvalue weighted by atomic mass is 9.96. The van der Waals surface area contributed by atoms with Crippen LogP contribution in [0.1, 0.15) is 51.5 Å². The van der Waals surface area contributed by atoms with Crippen LogP contribution in [0.5, 0.6) is 5.75 Å². The molecule has 2 aromatic carbocycles. The van der Waals surface area contributed by atoms with Crippen LogP contribution in [0, 0.1) is 18.8 Å². The number of carbonyl (C=O) groups is 1. The van der Waals surface area contributed by atoms with E-state index in [0.29, 0.717) is 6.61 Å². The molecule has 1 aliphatic rings. The zero-order valence-electron chi connectivity index (χ0n) is 19.0. The van der Waals surface area contributed by atoms with Gasteiger partial charge in [-0.1, -0.05) is 42.3 Å². The van der Waals surface area contributed by atoms with Crippen molar-refractivity contribution < 1.29 is 14.6 Å². The molecule has 3 aromatic rings. The number of aryl methyl sites for hydroxylation is 1. The second-order valence-corrected chi connectivity index (χ2v) is 9.57. The first-order valence-electron chi connectivity index (χ1n) is 11.1. The summed E-state index contributed by atoms with van der Waals surface area (Å²) < 4.78 is 5.99. The minimum absolute atomic E-state index is 0.00571. The summed E-state index contributed by atoms with van der Waals surface area (Å²) in [4.78, 5) is 19.7. The molecule has 0 spiro atoms. The van der Waals surface area contributed by atoms with Gasteiger partial charge in [0, 0.05) is 24.5 Å². The Kier molecular flexibility index (Phi) is 7.43. The summed E-state index contributed by atoms with van der Waals surface area (Å²) in [5, 5.41) is 10.3. The van der Waals surface area contributed by atoms with Crippen molar-refractivity contribution in [1.82, 2.24) is 9.88 Å². The van der Waals surface area contributed by atoms with E-state index in [2.05, 4.69) is 52.9 Å². The molecule has 0 amide bonds. The first-order valence-corrected chi connectivity index (χ1v) is 11.9. The number of carboxylic acids is 1. The third kappa shape index (κ3) is 6.22. The normalized spacial score (nSPS) is 14.1. The maximum Gasteiger partial charge on any atom is 0.304 e. The fourth-order valence-corrected chi connectivity index (χ4v) is 5.09. The first-order chi connectivity index (χ1) is 16.0. The van der Waals surface area contributed by atoms with E-state index in [1.165, 1.54) is 16.1 Å². The summed E-state index contributed by atoms with van der Waals surface area (Å²) >= 11 is 1.83. The highest BCUT2D eigenvalue weighted by atomic mass is 32.1. The van der Waals surface area contributed by atoms with Crippen molar-refractivity contribution in [3.8, 4) is 17.6 Å². The quantitative estimate of drug-likeness (QED) is 0.470. The largest absolute Gasteiger partial charge is 0.489 e. The van der Waals surface area contributed by atoms with E-state index in [1.54, 1.807) is 6.92 Å². The third-order valence-corrected chi connectivity index (χ3v) is 6.77. The number of ether oxygens (including phenoxy) is 1. The number of nitrogens with zero attached hydrogens (tertiary/aromatic N) is 2. The lowest BCUT2D eigenvalue weighted by Gasteiger charge is -2.26. The van der Waals surface area contributed by atoms with Crippen LogP contribution in [0.4, 0.5) is 0 Å². The Bertz CT molecular complexity index is 1170. The average molecular weight is 461 g/mol. The van der Waals surface area contributed by atoms with Crippen LogP contribution in [0.2, 0.25) is 0 Å². The van der Waals surface area contributed by atoms with E-state index in [-0.39, 0.29) is 12.3 Å². The Balaban J connectivity index is 1.34. The molecule has 0 fully saturated rings. The average Bonchev–Trinajstić information content (AvgIpc) is 3.17. The summed E-state index contributed by atoms with van der Waals surface area (Å²) in [5.74, 6) is 5.39. The van der Waals surface area contributed by atoms with Crippen LogP contribution >= 0.6 is 11.3 Å². The number of hydrogen-bond acceptors (Lipinski definition) is 5. The molecule has 1 atom stereocenters. The standard InChI is InChI=1S/C27H28N2O3S/c1-3-5-23(15-27(30)31)22-8-10-24(11-9-22)32-18-21-7-4-6-20(14-21)16-29-13-12-26-25(17-29)28-19(2)33-26/h4,6-11,14,23H,12-13,15-18H2,1-2H3,(H,30,31). The van der Waals surface area contributed by atoms with Crippen LogP contribution < -0.4 is 4.74 Å². The highest BCUT2D eigenvalue weighted by molar-refractivity contribution is 7.11. The Morgan fingerprint density at radius 2 is 2.03 bits per heavy atom. The monoisotopic (exact) mass is 460 g/mol. The molecule has 6 heteroatoms. The molecule has 1 unspecified atom stereocenters. The van der Waals surface area contributed by atoms with Gasteiger partial charge < -0.3 is 9.84 Å². The summed E-state index contributed by atoms with van der Waals surface area (Å²) in [6, 6.07) is 16.1. The van der Waals surface area contributed by atoms with E-state index in [4.69, 9.17) is 9.84 Å². The van der Waals surface area contributed by atoms with Crippen LogP contribution in [0.3, 0.4) is 0 Å². The molecular formula is C27H28N2O3S. The Hall–Kier alpha value is -3.14. The number of benzene rings is 2. The van der Waals surface area contributed by atoms with E-state index in [1.807, 2.05) is 35.6 Å². The third-order valence-electron chi connectivity index (χ3n) is 5.70. The Labute approximate surface area is 199 Å². The molecule has 2 heterocycles. The zero-order valence-corrected chi connectivity index (χ0v) is 19.8. The zero-order chi connectivity index (χ0) is 23.2. The van der Waals surface area contributed by atoms with Gasteiger partial charge in [-0.25, -0.2) is 4.98 Å². The van der Waals surface area contributed by atoms with Crippen LogP contribution in [0.15, 0.2) is 48.5 Å². The maximum absolute atomic E-state index is 11.1. The predicted molar refractivity (Wildman–Crippen MR) is 130 cm³/mol. The second-order valence-electron chi connectivity index (χ2n) is 8.29. The van der Waals surface area contributed by atoms with E-state index in [0.717, 1.165) is 47.9 Å². The predicted octanol–water partition coefficient (Wildman–Crippen LogP) is 5.17. The summed E-state index contributed by atoms with van der Waals surface area (Å²) in [5.41, 5.74) is 4.53. The number of aromatic nitrogens is 1. The second kappa shape index (κ2) is 10.7. The fraction of sp³-hybridized carbons (Fsp3) is 0.333. The molecular weight excluding hydrogens is 432 g/mol. The van der Waals surface area contributed by atoms with Gasteiger partial charge in [0.1, 0.15) is 12.4 Å². The summed E-state index contributed by atoms with van der Waals surface area (Å²) in [6.45, 7) is 7.17. The lowest BCUT2D eigenvalue weighted by Crippen LogP contribution is -2.29. The van der Waals surface area contributed by atoms with Gasteiger partial charge in [-0.15, -0.1) is 17.3 Å². The molecule has 0 radical (unpaired) electrons. The minimum Gasteiger partial charge on any atom is -0.489 e. The van der Waals surface area contributed by atoms with E-state index < -0.39 is 5.97 Å². The van der Waals surface area contributed by atoms with Crippen LogP contribution in [0.25, 0.3) is 0 Å². The van der Waals surface area contributed by atoms with Gasteiger partial charge >= 0.3 is 5.97 Å². The van der Waals surface area contributed by atoms with Crippen molar-refractivity contribution in [2.75, 3.05) is 6.54 Å². The molecule has 0 aliphatic carbocycles. The number of aliphatic carboxylic acids is 1. The van der Waals surface area contributed by atoms with Crippen molar-refractivity contribution in [2.45, 2.75) is 52.3 Å². The summed E-state index contributed by atoms with van der Waals surface area (Å²) in [6.07, 6.45) is 1.07. The topological polar surface area (TPSA) is 62.7 Å². The molecule has 1 aromatic heterocycles. The van der Waals surface area contributed by atoms with Crippen molar-refractivity contribution in [3.05, 3.63) is 80.8 Å². The molecule has 0 bridgehead atoms. The maximum atomic E-state index is 11.1. The highest BCUT2D eigenvalue weighted by Gasteiger charge is 2.20. The molecule has 5 nitrogen and oxygen atoms in total. The minimum atomic E-state index is -0.852. The Morgan fingerprint density at radius 1 is 1.24 bits per heavy atom. The van der Waals surface area contributed by atoms with E-state index >= 15 is 0 Å². The van der Waals surface area contributed by atoms with Crippen molar-refractivity contribution in [2.24, 2.45) is 0 Å². The van der Waals surface area contributed by atoms with Gasteiger partial charge in [0.05, 0.1) is 23.0 Å². The number of carboxylic acid groups (broad SMARTS) is 1. The summed E-state index contributed by atoms with van der Waals surface area (Å²) in [7, 11) is 0. The molecule has 170 valence electrons. The van der Waals surface area contributed by atoms with Gasteiger partial charge in [-0.05, 0) is 49.1 Å². The van der Waals surface area contributed by atoms with Crippen LogP contribution in [-0.4, -0.2) is 27.5 Å². The molecule has 1 N–H and O–H groups in total. The van der Waals surface area contributed by atoms with Gasteiger partial charge in [0.15, 0.2) is 0 Å². The molecule has 0 saturated carbocycles. The van der Waals surface area contributed by atoms with Crippen molar-refractivity contribution in [1.29, 1.82) is 0 Å². The lowest BCUT2D eigenvalue weighted by molar-refractivity contribution is -0.137. The molecule has 0 saturated heterocycles. The SMILES string of the molecule is CC#CC(CC(=O)O)c1ccc(OCc2cccc(CN3CCc4sc(C)nc4C3)c2)cc1. The fourth-order valence-electron chi connectivity index (χ4n) is 4.16. The van der Waals surface area contributed by atoms with Gasteiger partial charge in [0.25, 0.3) is 0 Å². The van der Waals surface area contributed by atoms with Gasteiger partial charge in [-0.3, -0.25) is 9.69 Å². The number of hydrogen-bond donors (Lipinski definition) is 1. The number of fused-ring (bicyclic) bond motifs is 1. The smallest absolute Gasteiger partial charge is 0.304 e. The first kappa shape index (κ1) is 23.0. The van der Waals surface area contributed by atoms with Crippen LogP contribution in [-0.2, 0) is 30.9 Å². The van der Waals surface area contributed by atoms with Gasteiger partial charge in [-0.2, -0.15) is 0 Å². The molecule has 33 heavy (non-hydrogen) atoms. The molecule has 4 rings (SSSR count). The number of rotatable bonds is 8. The highest BCUT2D eigenvalue weighted by Crippen LogP contribution is 2.26. The van der Waals surface area contributed by atoms with Crippen molar-refractivity contribution >= 4 is 17.3 Å². The van der Waals surface area contributed by atoms with E-state index in [9.17, 15) is 4.79 Å².